The van der Waals surface area contributed by atoms with E-state index in [-0.39, 0.29) is 5.91 Å². The fraction of sp³-hybridized carbons (Fsp3) is 0.636. The Bertz CT molecular complexity index is 737. The third-order valence-electron chi connectivity index (χ3n) is 7.18. The van der Waals surface area contributed by atoms with E-state index in [2.05, 4.69) is 10.5 Å². The van der Waals surface area contributed by atoms with Gasteiger partial charge in [0.05, 0.1) is 12.8 Å². The second kappa shape index (κ2) is 6.54. The van der Waals surface area contributed by atoms with Crippen LogP contribution in [0.4, 0.5) is 0 Å². The molecule has 5 nitrogen and oxygen atoms in total. The van der Waals surface area contributed by atoms with Gasteiger partial charge in [-0.25, -0.2) is 0 Å². The number of benzene rings is 1. The Morgan fingerprint density at radius 3 is 2.52 bits per heavy atom. The number of ether oxygens (including phenoxy) is 1. The minimum Gasteiger partial charge on any atom is -0.496 e. The number of hydrogen-bond donors (Lipinski definition) is 1. The fourth-order valence-corrected chi connectivity index (χ4v) is 6.46. The van der Waals surface area contributed by atoms with E-state index in [4.69, 9.17) is 9.57 Å². The van der Waals surface area contributed by atoms with Crippen LogP contribution in [0.1, 0.15) is 50.5 Å². The maximum absolute atomic E-state index is 12.7. The van der Waals surface area contributed by atoms with Gasteiger partial charge in [-0.3, -0.25) is 4.79 Å². The summed E-state index contributed by atoms with van der Waals surface area (Å²) >= 11 is 0. The van der Waals surface area contributed by atoms with Crippen LogP contribution in [0.5, 0.6) is 5.75 Å². The summed E-state index contributed by atoms with van der Waals surface area (Å²) < 4.78 is 5.40. The minimum atomic E-state index is -0.529. The molecular weight excluding hydrogens is 340 g/mol. The van der Waals surface area contributed by atoms with Crippen LogP contribution in [0.15, 0.2) is 29.4 Å². The Kier molecular flexibility index (Phi) is 4.14. The van der Waals surface area contributed by atoms with E-state index in [9.17, 15) is 4.79 Å². The molecule has 4 aliphatic carbocycles. The average Bonchev–Trinajstić information content (AvgIpc) is 3.15. The second-order valence-corrected chi connectivity index (χ2v) is 9.17. The van der Waals surface area contributed by atoms with Crippen LogP contribution in [-0.4, -0.2) is 31.4 Å². The number of carbonyl (C=O) groups excluding carboxylic acids is 1. The zero-order valence-electron chi connectivity index (χ0n) is 15.9. The van der Waals surface area contributed by atoms with Gasteiger partial charge < -0.3 is 14.9 Å². The summed E-state index contributed by atoms with van der Waals surface area (Å²) in [5.41, 5.74) is 2.02. The lowest BCUT2D eigenvalue weighted by atomic mass is 9.49. The van der Waals surface area contributed by atoms with Crippen molar-refractivity contribution in [2.45, 2.75) is 51.0 Å². The lowest BCUT2D eigenvalue weighted by Crippen LogP contribution is -2.52. The van der Waals surface area contributed by atoms with Crippen molar-refractivity contribution in [3.8, 4) is 5.75 Å². The summed E-state index contributed by atoms with van der Waals surface area (Å²) in [5, 5.41) is 7.38. The summed E-state index contributed by atoms with van der Waals surface area (Å²) in [4.78, 5) is 18.2. The largest absolute Gasteiger partial charge is 0.496 e. The third kappa shape index (κ3) is 3.11. The molecule has 1 heterocycles. The highest BCUT2D eigenvalue weighted by atomic mass is 16.6. The van der Waals surface area contributed by atoms with Gasteiger partial charge in [0, 0.05) is 18.5 Å². The van der Waals surface area contributed by atoms with Crippen molar-refractivity contribution >= 4 is 11.6 Å². The van der Waals surface area contributed by atoms with Crippen molar-refractivity contribution in [3.63, 3.8) is 0 Å². The van der Waals surface area contributed by atoms with Crippen LogP contribution in [0.2, 0.25) is 0 Å². The van der Waals surface area contributed by atoms with Gasteiger partial charge in [-0.05, 0) is 73.8 Å². The van der Waals surface area contributed by atoms with Crippen molar-refractivity contribution in [2.24, 2.45) is 28.3 Å². The molecule has 0 aromatic heterocycles. The van der Waals surface area contributed by atoms with Crippen molar-refractivity contribution in [3.05, 3.63) is 29.8 Å². The van der Waals surface area contributed by atoms with Gasteiger partial charge >= 0.3 is 0 Å². The molecule has 144 valence electrons. The summed E-state index contributed by atoms with van der Waals surface area (Å²) in [6.07, 6.45) is 8.14. The molecule has 1 aromatic carbocycles. The molecular formula is C22H28N2O3. The normalized spacial score (nSPS) is 36.3. The highest BCUT2D eigenvalue weighted by molar-refractivity contribution is 6.05. The molecule has 5 heteroatoms. The second-order valence-electron chi connectivity index (χ2n) is 9.17. The maximum Gasteiger partial charge on any atom is 0.264 e. The standard InChI is InChI=1S/C22H28N2O3/c1-26-19-5-3-2-4-17(19)18-9-20(27-24-18)21(25)23-13-22-10-14-6-15(11-22)8-16(7-14)12-22/h2-5,14-16,20H,6-13H2,1H3,(H,23,25). The first kappa shape index (κ1) is 17.1. The summed E-state index contributed by atoms with van der Waals surface area (Å²) in [5.74, 6) is 3.43. The van der Waals surface area contributed by atoms with Gasteiger partial charge in [0.2, 0.25) is 6.10 Å². The Morgan fingerprint density at radius 2 is 1.85 bits per heavy atom. The summed E-state index contributed by atoms with van der Waals surface area (Å²) in [7, 11) is 1.64. The third-order valence-corrected chi connectivity index (χ3v) is 7.18. The molecule has 0 radical (unpaired) electrons. The molecule has 4 saturated carbocycles. The van der Waals surface area contributed by atoms with Crippen LogP contribution >= 0.6 is 0 Å². The number of hydrogen-bond acceptors (Lipinski definition) is 4. The Labute approximate surface area is 160 Å². The highest BCUT2D eigenvalue weighted by Gasteiger charge is 2.51. The minimum absolute atomic E-state index is 0.0283. The molecule has 1 aliphatic heterocycles. The van der Waals surface area contributed by atoms with Crippen molar-refractivity contribution in [1.82, 2.24) is 5.32 Å². The topological polar surface area (TPSA) is 59.9 Å². The Hall–Kier alpha value is -2.04. The fourth-order valence-electron chi connectivity index (χ4n) is 6.46. The van der Waals surface area contributed by atoms with Gasteiger partial charge in [0.15, 0.2) is 0 Å². The monoisotopic (exact) mass is 368 g/mol. The van der Waals surface area contributed by atoms with Crippen LogP contribution < -0.4 is 10.1 Å². The zero-order valence-corrected chi connectivity index (χ0v) is 15.9. The molecule has 0 saturated heterocycles. The smallest absolute Gasteiger partial charge is 0.264 e. The number of methoxy groups -OCH3 is 1. The van der Waals surface area contributed by atoms with E-state index >= 15 is 0 Å². The molecule has 4 bridgehead atoms. The molecule has 1 amide bonds. The molecule has 1 aromatic rings. The number of rotatable bonds is 5. The van der Waals surface area contributed by atoms with Crippen LogP contribution in [0, 0.1) is 23.2 Å². The highest BCUT2D eigenvalue weighted by Crippen LogP contribution is 2.59. The number of para-hydroxylation sites is 1. The van der Waals surface area contributed by atoms with Gasteiger partial charge in [0.1, 0.15) is 5.75 Å². The van der Waals surface area contributed by atoms with Gasteiger partial charge in [-0.1, -0.05) is 17.3 Å². The van der Waals surface area contributed by atoms with Gasteiger partial charge in [0.25, 0.3) is 5.91 Å². The van der Waals surface area contributed by atoms with Crippen molar-refractivity contribution < 1.29 is 14.4 Å². The number of nitrogens with zero attached hydrogens (tertiary/aromatic N) is 1. The summed E-state index contributed by atoms with van der Waals surface area (Å²) in [6.45, 7) is 0.805. The number of nitrogens with one attached hydrogen (secondary N) is 1. The quantitative estimate of drug-likeness (QED) is 0.865. The lowest BCUT2D eigenvalue weighted by Gasteiger charge is -2.56. The van der Waals surface area contributed by atoms with E-state index < -0.39 is 6.10 Å². The van der Waals surface area contributed by atoms with E-state index in [1.54, 1.807) is 7.11 Å². The van der Waals surface area contributed by atoms with Gasteiger partial charge in [-0.2, -0.15) is 0 Å². The molecule has 1 atom stereocenters. The predicted molar refractivity (Wildman–Crippen MR) is 103 cm³/mol. The Balaban J connectivity index is 1.20. The number of oxime groups is 1. The molecule has 4 fully saturated rings. The van der Waals surface area contributed by atoms with Gasteiger partial charge in [-0.15, -0.1) is 0 Å². The van der Waals surface area contributed by atoms with E-state index in [0.717, 1.165) is 41.3 Å². The van der Waals surface area contributed by atoms with E-state index in [0.29, 0.717) is 11.8 Å². The first-order valence-corrected chi connectivity index (χ1v) is 10.3. The SMILES string of the molecule is COc1ccccc1C1=NOC(C(=O)NCC23CC4CC(CC(C4)C2)C3)C1. The lowest BCUT2D eigenvalue weighted by molar-refractivity contribution is -0.133. The Morgan fingerprint density at radius 1 is 1.19 bits per heavy atom. The van der Waals surface area contributed by atoms with Crippen molar-refractivity contribution in [2.75, 3.05) is 13.7 Å². The van der Waals surface area contributed by atoms with E-state index in [1.165, 1.54) is 38.5 Å². The molecule has 27 heavy (non-hydrogen) atoms. The first-order valence-electron chi connectivity index (χ1n) is 10.3. The first-order chi connectivity index (χ1) is 13.1. The predicted octanol–water partition coefficient (Wildman–Crippen LogP) is 3.52. The maximum atomic E-state index is 12.7. The summed E-state index contributed by atoms with van der Waals surface area (Å²) in [6, 6.07) is 7.73. The molecule has 5 aliphatic rings. The average molecular weight is 368 g/mol. The van der Waals surface area contributed by atoms with Crippen LogP contribution in [0.25, 0.3) is 0 Å². The molecule has 0 spiro atoms. The zero-order chi connectivity index (χ0) is 18.4. The molecule has 1 unspecified atom stereocenters. The molecule has 1 N–H and O–H groups in total. The van der Waals surface area contributed by atoms with Crippen LogP contribution in [0.3, 0.4) is 0 Å². The van der Waals surface area contributed by atoms with Crippen LogP contribution in [-0.2, 0) is 9.63 Å². The van der Waals surface area contributed by atoms with E-state index in [1.807, 2.05) is 24.3 Å². The van der Waals surface area contributed by atoms with Crippen molar-refractivity contribution in [1.29, 1.82) is 0 Å². The molecule has 6 rings (SSSR count). The number of carbonyl (C=O) groups is 1. The number of amides is 1.